The highest BCUT2D eigenvalue weighted by atomic mass is 32.1. The Balaban J connectivity index is 1.33. The molecule has 0 aliphatic heterocycles. The molecule has 0 atom stereocenters. The molecule has 3 aromatic rings. The van der Waals surface area contributed by atoms with E-state index in [9.17, 15) is 0 Å². The van der Waals surface area contributed by atoms with Gasteiger partial charge in [0.1, 0.15) is 21.5 Å². The van der Waals surface area contributed by atoms with Crippen molar-refractivity contribution in [3.63, 3.8) is 0 Å². The summed E-state index contributed by atoms with van der Waals surface area (Å²) in [6.07, 6.45) is 21.5. The number of nitrogens with zero attached hydrogens (tertiary/aromatic N) is 2. The summed E-state index contributed by atoms with van der Waals surface area (Å²) in [5.41, 5.74) is 2.06. The zero-order valence-corrected chi connectivity index (χ0v) is 27.0. The quantitative estimate of drug-likeness (QED) is 0.0881. The van der Waals surface area contributed by atoms with Crippen molar-refractivity contribution in [2.45, 2.75) is 116 Å². The van der Waals surface area contributed by atoms with E-state index in [0.717, 1.165) is 84.4 Å². The number of rotatable bonds is 26. The van der Waals surface area contributed by atoms with E-state index in [0.29, 0.717) is 13.2 Å². The molecule has 0 spiro atoms. The Hall–Kier alpha value is -2.48. The predicted octanol–water partition coefficient (Wildman–Crippen LogP) is 9.64. The van der Waals surface area contributed by atoms with E-state index in [2.05, 4.69) is 34.5 Å². The fourth-order valence-corrected chi connectivity index (χ4v) is 6.01. The number of aromatic nitrogens is 2. The Morgan fingerprint density at radius 2 is 0.814 bits per heavy atom. The molecule has 0 saturated carbocycles. The van der Waals surface area contributed by atoms with Gasteiger partial charge in [0, 0.05) is 24.3 Å². The summed E-state index contributed by atoms with van der Waals surface area (Å²) >= 11 is 1.59. The van der Waals surface area contributed by atoms with E-state index in [1.807, 2.05) is 24.3 Å². The Bertz CT molecular complexity index is 1020. The largest absolute Gasteiger partial charge is 0.494 e. The van der Waals surface area contributed by atoms with Crippen molar-refractivity contribution in [3.8, 4) is 32.6 Å². The predicted molar refractivity (Wildman–Crippen MR) is 179 cm³/mol. The molecule has 2 aromatic carbocycles. The maximum Gasteiger partial charge on any atom is 0.148 e. The first-order valence-electron chi connectivity index (χ1n) is 16.8. The molecule has 238 valence electrons. The molecule has 0 aliphatic carbocycles. The molecule has 0 aliphatic rings. The van der Waals surface area contributed by atoms with Crippen LogP contribution in [0.25, 0.3) is 21.1 Å². The lowest BCUT2D eigenvalue weighted by molar-refractivity contribution is 0.282. The number of aliphatic hydroxyl groups is 2. The van der Waals surface area contributed by atoms with Gasteiger partial charge >= 0.3 is 0 Å². The topological polar surface area (TPSA) is 84.7 Å². The van der Waals surface area contributed by atoms with Gasteiger partial charge in [0.2, 0.25) is 0 Å². The second kappa shape index (κ2) is 23.0. The molecule has 1 aromatic heterocycles. The summed E-state index contributed by atoms with van der Waals surface area (Å²) < 4.78 is 12.1. The fourth-order valence-electron chi connectivity index (χ4n) is 5.18. The highest BCUT2D eigenvalue weighted by Crippen LogP contribution is 2.33. The maximum atomic E-state index is 8.84. The summed E-state index contributed by atoms with van der Waals surface area (Å²) in [6.45, 7) is 2.12. The fraction of sp³-hybridized carbons (Fsp3) is 0.611. The lowest BCUT2D eigenvalue weighted by Gasteiger charge is -2.07. The van der Waals surface area contributed by atoms with E-state index in [-0.39, 0.29) is 0 Å². The van der Waals surface area contributed by atoms with Crippen LogP contribution in [0.5, 0.6) is 11.5 Å². The van der Waals surface area contributed by atoms with Crippen molar-refractivity contribution >= 4 is 11.3 Å². The third-order valence-electron chi connectivity index (χ3n) is 7.73. The molecule has 3 rings (SSSR count). The Kier molecular flexibility index (Phi) is 18.7. The van der Waals surface area contributed by atoms with E-state index < -0.39 is 0 Å². The van der Waals surface area contributed by atoms with E-state index in [1.165, 1.54) is 77.0 Å². The van der Waals surface area contributed by atoms with Crippen LogP contribution in [0.2, 0.25) is 0 Å². The van der Waals surface area contributed by atoms with Gasteiger partial charge in [0.25, 0.3) is 0 Å². The van der Waals surface area contributed by atoms with Crippen molar-refractivity contribution in [2.75, 3.05) is 26.4 Å². The van der Waals surface area contributed by atoms with Crippen LogP contribution in [-0.2, 0) is 0 Å². The molecule has 6 nitrogen and oxygen atoms in total. The van der Waals surface area contributed by atoms with Crippen molar-refractivity contribution in [1.82, 2.24) is 10.2 Å². The molecule has 0 bridgehead atoms. The normalized spacial score (nSPS) is 11.2. The van der Waals surface area contributed by atoms with Crippen LogP contribution in [0.1, 0.15) is 116 Å². The number of hydrogen-bond donors (Lipinski definition) is 2. The van der Waals surface area contributed by atoms with Gasteiger partial charge in [-0.3, -0.25) is 0 Å². The van der Waals surface area contributed by atoms with Crippen LogP contribution < -0.4 is 9.47 Å². The zero-order valence-electron chi connectivity index (χ0n) is 26.2. The Morgan fingerprint density at radius 1 is 0.465 bits per heavy atom. The van der Waals surface area contributed by atoms with E-state index >= 15 is 0 Å². The molecular formula is C36H54N2O4S. The van der Waals surface area contributed by atoms with Gasteiger partial charge in [-0.15, -0.1) is 10.2 Å². The average Bonchev–Trinajstić information content (AvgIpc) is 3.54. The Labute approximate surface area is 263 Å². The molecule has 0 radical (unpaired) electrons. The van der Waals surface area contributed by atoms with Crippen molar-refractivity contribution in [1.29, 1.82) is 0 Å². The van der Waals surface area contributed by atoms with Crippen LogP contribution >= 0.6 is 11.3 Å². The molecule has 0 amide bonds. The minimum atomic E-state index is 0.324. The molecule has 2 N–H and O–H groups in total. The van der Waals surface area contributed by atoms with Gasteiger partial charge in [0.15, 0.2) is 0 Å². The van der Waals surface area contributed by atoms with Crippen LogP contribution in [0.15, 0.2) is 48.5 Å². The number of ether oxygens (including phenoxy) is 2. The third-order valence-corrected chi connectivity index (χ3v) is 8.75. The highest BCUT2D eigenvalue weighted by molar-refractivity contribution is 7.17. The van der Waals surface area contributed by atoms with Gasteiger partial charge < -0.3 is 19.7 Å². The summed E-state index contributed by atoms with van der Waals surface area (Å²) in [5.74, 6) is 1.76. The minimum Gasteiger partial charge on any atom is -0.494 e. The van der Waals surface area contributed by atoms with Crippen LogP contribution in [0.3, 0.4) is 0 Å². The maximum absolute atomic E-state index is 8.84. The van der Waals surface area contributed by atoms with Gasteiger partial charge in [-0.05, 0) is 49.9 Å². The average molecular weight is 611 g/mol. The first kappa shape index (κ1) is 35.0. The second-order valence-electron chi connectivity index (χ2n) is 11.5. The van der Waals surface area contributed by atoms with E-state index in [1.54, 1.807) is 11.3 Å². The SMILES string of the molecule is OCCCCCCCCCCCOc1cccc(-c2nnc(-c3cccc(OCCCCCCCCCCCO)c3)s2)c1. The van der Waals surface area contributed by atoms with Gasteiger partial charge in [-0.2, -0.15) is 0 Å². The Morgan fingerprint density at radius 3 is 1.19 bits per heavy atom. The number of unbranched alkanes of at least 4 members (excludes halogenated alkanes) is 16. The summed E-state index contributed by atoms with van der Waals surface area (Å²) in [5, 5.41) is 28.4. The first-order chi connectivity index (χ1) is 21.3. The zero-order chi connectivity index (χ0) is 30.2. The summed E-state index contributed by atoms with van der Waals surface area (Å²) in [4.78, 5) is 0. The molecule has 1 heterocycles. The summed E-state index contributed by atoms with van der Waals surface area (Å²) in [6, 6.07) is 16.3. The molecule has 7 heteroatoms. The number of benzene rings is 2. The monoisotopic (exact) mass is 610 g/mol. The van der Waals surface area contributed by atoms with E-state index in [4.69, 9.17) is 19.7 Å². The van der Waals surface area contributed by atoms with Crippen molar-refractivity contribution in [2.24, 2.45) is 0 Å². The van der Waals surface area contributed by atoms with Gasteiger partial charge in [-0.25, -0.2) is 0 Å². The molecule has 0 fully saturated rings. The highest BCUT2D eigenvalue weighted by Gasteiger charge is 2.11. The summed E-state index contributed by atoms with van der Waals surface area (Å²) in [7, 11) is 0. The molecular weight excluding hydrogens is 556 g/mol. The number of hydrogen-bond acceptors (Lipinski definition) is 7. The van der Waals surface area contributed by atoms with Gasteiger partial charge in [0.05, 0.1) is 13.2 Å². The second-order valence-corrected chi connectivity index (χ2v) is 12.5. The van der Waals surface area contributed by atoms with Crippen LogP contribution in [-0.4, -0.2) is 46.8 Å². The first-order valence-corrected chi connectivity index (χ1v) is 17.6. The minimum absolute atomic E-state index is 0.324. The third kappa shape index (κ3) is 15.2. The lowest BCUT2D eigenvalue weighted by Crippen LogP contribution is -1.97. The van der Waals surface area contributed by atoms with Crippen molar-refractivity contribution < 1.29 is 19.7 Å². The number of aliphatic hydroxyl groups excluding tert-OH is 2. The van der Waals surface area contributed by atoms with Crippen LogP contribution in [0.4, 0.5) is 0 Å². The standard InChI is InChI=1S/C36H54N2O4S/c39-25-15-11-7-3-1-5-9-13-17-27-41-33-23-19-21-31(29-33)35-37-38-36(43-35)32-22-20-24-34(30-32)42-28-18-14-10-6-2-4-8-12-16-26-40/h19-24,29-30,39-40H,1-18,25-28H2. The van der Waals surface area contributed by atoms with Gasteiger partial charge in [-0.1, -0.05) is 125 Å². The molecule has 0 saturated heterocycles. The van der Waals surface area contributed by atoms with Crippen LogP contribution in [0, 0.1) is 0 Å². The lowest BCUT2D eigenvalue weighted by atomic mass is 10.1. The van der Waals surface area contributed by atoms with Crippen molar-refractivity contribution in [3.05, 3.63) is 48.5 Å². The molecule has 43 heavy (non-hydrogen) atoms. The molecule has 0 unspecified atom stereocenters. The smallest absolute Gasteiger partial charge is 0.148 e.